The maximum absolute atomic E-state index is 10.7. The molecule has 0 aliphatic heterocycles. The molecule has 1 aliphatic rings. The van der Waals surface area contributed by atoms with Gasteiger partial charge in [-0.15, -0.1) is 0 Å². The highest BCUT2D eigenvalue weighted by atomic mass is 16.3. The van der Waals surface area contributed by atoms with Crippen LogP contribution in [0.2, 0.25) is 0 Å². The Hall–Kier alpha value is -0.930. The summed E-state index contributed by atoms with van der Waals surface area (Å²) in [4.78, 5) is 4.29. The number of hydrogen-bond acceptors (Lipinski definition) is 3. The van der Waals surface area contributed by atoms with E-state index >= 15 is 0 Å². The Balaban J connectivity index is 1.96. The van der Waals surface area contributed by atoms with Gasteiger partial charge in [-0.05, 0) is 51.6 Å². The van der Waals surface area contributed by atoms with E-state index in [0.29, 0.717) is 6.04 Å². The molecule has 0 radical (unpaired) electrons. The fraction of sp³-hybridized carbons (Fsp3) is 0.667. The number of aryl methyl sites for hydroxylation is 1. The fourth-order valence-corrected chi connectivity index (χ4v) is 2.68. The van der Waals surface area contributed by atoms with Crippen molar-refractivity contribution in [3.63, 3.8) is 0 Å². The standard InChI is InChI=1S/C15H24N2O/c1-3-10-16-14-6-8-15(18,9-7-14)13-5-4-12(2)17-11-13/h4-5,11,14,16,18H,3,6-10H2,1-2H3. The van der Waals surface area contributed by atoms with Crippen LogP contribution in [0.4, 0.5) is 0 Å². The molecule has 18 heavy (non-hydrogen) atoms. The lowest BCUT2D eigenvalue weighted by Gasteiger charge is -2.36. The minimum absolute atomic E-state index is 0.573. The minimum atomic E-state index is -0.662. The summed E-state index contributed by atoms with van der Waals surface area (Å²) < 4.78 is 0. The van der Waals surface area contributed by atoms with E-state index < -0.39 is 5.60 Å². The molecule has 0 amide bonds. The van der Waals surface area contributed by atoms with Crippen molar-refractivity contribution in [1.29, 1.82) is 0 Å². The van der Waals surface area contributed by atoms with Gasteiger partial charge in [0.15, 0.2) is 0 Å². The monoisotopic (exact) mass is 248 g/mol. The number of pyridine rings is 1. The Morgan fingerprint density at radius 3 is 2.67 bits per heavy atom. The maximum atomic E-state index is 10.7. The number of aliphatic hydroxyl groups is 1. The van der Waals surface area contributed by atoms with Crippen LogP contribution in [0.5, 0.6) is 0 Å². The minimum Gasteiger partial charge on any atom is -0.385 e. The van der Waals surface area contributed by atoms with Crippen molar-refractivity contribution >= 4 is 0 Å². The summed E-state index contributed by atoms with van der Waals surface area (Å²) in [6, 6.07) is 4.57. The van der Waals surface area contributed by atoms with Gasteiger partial charge < -0.3 is 10.4 Å². The average molecular weight is 248 g/mol. The third-order valence-corrected chi connectivity index (χ3v) is 3.94. The zero-order valence-corrected chi connectivity index (χ0v) is 11.4. The van der Waals surface area contributed by atoms with Crippen LogP contribution in [0.1, 0.15) is 50.3 Å². The van der Waals surface area contributed by atoms with Gasteiger partial charge in [0.25, 0.3) is 0 Å². The molecule has 0 bridgehead atoms. The Labute approximate surface area is 110 Å². The van der Waals surface area contributed by atoms with Crippen molar-refractivity contribution in [3.05, 3.63) is 29.6 Å². The van der Waals surface area contributed by atoms with Crippen molar-refractivity contribution in [1.82, 2.24) is 10.3 Å². The fourth-order valence-electron chi connectivity index (χ4n) is 2.68. The van der Waals surface area contributed by atoms with Crippen molar-refractivity contribution < 1.29 is 5.11 Å². The van der Waals surface area contributed by atoms with E-state index in [1.54, 1.807) is 0 Å². The third-order valence-electron chi connectivity index (χ3n) is 3.94. The first-order valence-corrected chi connectivity index (χ1v) is 7.03. The zero-order valence-electron chi connectivity index (χ0n) is 11.4. The van der Waals surface area contributed by atoms with Crippen molar-refractivity contribution in [2.75, 3.05) is 6.54 Å². The summed E-state index contributed by atoms with van der Waals surface area (Å²) in [6.07, 6.45) is 6.75. The Kier molecular flexibility index (Phi) is 4.36. The van der Waals surface area contributed by atoms with Crippen molar-refractivity contribution in [3.8, 4) is 0 Å². The van der Waals surface area contributed by atoms with E-state index in [0.717, 1.165) is 43.5 Å². The van der Waals surface area contributed by atoms with Crippen molar-refractivity contribution in [2.24, 2.45) is 0 Å². The van der Waals surface area contributed by atoms with Gasteiger partial charge in [-0.2, -0.15) is 0 Å². The van der Waals surface area contributed by atoms with Gasteiger partial charge in [-0.3, -0.25) is 4.98 Å². The molecule has 0 unspecified atom stereocenters. The molecule has 1 aliphatic carbocycles. The van der Waals surface area contributed by atoms with Crippen LogP contribution in [0.15, 0.2) is 18.3 Å². The molecule has 0 spiro atoms. The molecule has 2 N–H and O–H groups in total. The van der Waals surface area contributed by atoms with E-state index in [2.05, 4.69) is 17.2 Å². The molecule has 100 valence electrons. The zero-order chi connectivity index (χ0) is 13.0. The Bertz CT molecular complexity index is 367. The number of rotatable bonds is 4. The lowest BCUT2D eigenvalue weighted by atomic mass is 9.78. The molecule has 1 saturated carbocycles. The first-order chi connectivity index (χ1) is 8.64. The van der Waals surface area contributed by atoms with E-state index in [1.807, 2.05) is 25.3 Å². The summed E-state index contributed by atoms with van der Waals surface area (Å²) in [5.74, 6) is 0. The Morgan fingerprint density at radius 2 is 2.11 bits per heavy atom. The lowest BCUT2D eigenvalue weighted by Crippen LogP contribution is -2.40. The first-order valence-electron chi connectivity index (χ1n) is 7.03. The molecular weight excluding hydrogens is 224 g/mol. The molecule has 1 aromatic heterocycles. The normalized spacial score (nSPS) is 28.3. The summed E-state index contributed by atoms with van der Waals surface area (Å²) in [5.41, 5.74) is 1.31. The second kappa shape index (κ2) is 5.81. The third kappa shape index (κ3) is 3.09. The van der Waals surface area contributed by atoms with E-state index in [-0.39, 0.29) is 0 Å². The average Bonchev–Trinajstić information content (AvgIpc) is 2.39. The van der Waals surface area contributed by atoms with Gasteiger partial charge in [0.2, 0.25) is 0 Å². The van der Waals surface area contributed by atoms with Crippen LogP contribution in [-0.2, 0) is 5.60 Å². The SMILES string of the molecule is CCCNC1CCC(O)(c2ccc(C)nc2)CC1. The maximum Gasteiger partial charge on any atom is 0.0912 e. The summed E-state index contributed by atoms with van der Waals surface area (Å²) in [7, 11) is 0. The lowest BCUT2D eigenvalue weighted by molar-refractivity contribution is -0.00856. The first kappa shape index (κ1) is 13.5. The molecule has 1 aromatic rings. The van der Waals surface area contributed by atoms with Gasteiger partial charge in [-0.25, -0.2) is 0 Å². The van der Waals surface area contributed by atoms with Crippen LogP contribution in [0, 0.1) is 6.92 Å². The van der Waals surface area contributed by atoms with E-state index in [1.165, 1.54) is 6.42 Å². The van der Waals surface area contributed by atoms with Gasteiger partial charge in [-0.1, -0.05) is 13.0 Å². The second-order valence-corrected chi connectivity index (χ2v) is 5.45. The van der Waals surface area contributed by atoms with Gasteiger partial charge in [0, 0.05) is 23.5 Å². The summed E-state index contributed by atoms with van der Waals surface area (Å²) >= 11 is 0. The molecular formula is C15H24N2O. The van der Waals surface area contributed by atoms with Crippen LogP contribution in [0.3, 0.4) is 0 Å². The highest BCUT2D eigenvalue weighted by Crippen LogP contribution is 2.36. The highest BCUT2D eigenvalue weighted by molar-refractivity contribution is 5.21. The van der Waals surface area contributed by atoms with Crippen LogP contribution in [0.25, 0.3) is 0 Å². The van der Waals surface area contributed by atoms with Gasteiger partial charge in [0.1, 0.15) is 0 Å². The molecule has 0 saturated heterocycles. The van der Waals surface area contributed by atoms with Gasteiger partial charge in [0.05, 0.1) is 5.60 Å². The summed E-state index contributed by atoms with van der Waals surface area (Å²) in [6.45, 7) is 5.23. The predicted octanol–water partition coefficient (Wildman–Crippen LogP) is 2.52. The van der Waals surface area contributed by atoms with Crippen LogP contribution < -0.4 is 5.32 Å². The quantitative estimate of drug-likeness (QED) is 0.860. The Morgan fingerprint density at radius 1 is 1.39 bits per heavy atom. The molecule has 3 nitrogen and oxygen atoms in total. The smallest absolute Gasteiger partial charge is 0.0912 e. The van der Waals surface area contributed by atoms with Crippen LogP contribution >= 0.6 is 0 Å². The number of nitrogens with one attached hydrogen (secondary N) is 1. The van der Waals surface area contributed by atoms with E-state index in [9.17, 15) is 5.11 Å². The number of hydrogen-bond donors (Lipinski definition) is 2. The van der Waals surface area contributed by atoms with Crippen molar-refractivity contribution in [2.45, 2.75) is 57.6 Å². The number of nitrogens with zero attached hydrogens (tertiary/aromatic N) is 1. The van der Waals surface area contributed by atoms with Crippen LogP contribution in [-0.4, -0.2) is 22.7 Å². The molecule has 0 aromatic carbocycles. The topological polar surface area (TPSA) is 45.1 Å². The number of aromatic nitrogens is 1. The molecule has 2 rings (SSSR count). The molecule has 0 atom stereocenters. The molecule has 1 heterocycles. The highest BCUT2D eigenvalue weighted by Gasteiger charge is 2.34. The predicted molar refractivity (Wildman–Crippen MR) is 73.4 cm³/mol. The molecule has 1 fully saturated rings. The van der Waals surface area contributed by atoms with E-state index in [4.69, 9.17) is 0 Å². The summed E-state index contributed by atoms with van der Waals surface area (Å²) in [5, 5.41) is 14.3. The second-order valence-electron chi connectivity index (χ2n) is 5.45. The largest absolute Gasteiger partial charge is 0.385 e. The molecule has 3 heteroatoms. The van der Waals surface area contributed by atoms with Gasteiger partial charge >= 0.3 is 0 Å².